The Hall–Kier alpha value is -1.99. The van der Waals surface area contributed by atoms with E-state index in [1.54, 1.807) is 18.2 Å². The maximum Gasteiger partial charge on any atom is 0.154 e. The SMILES string of the molecule is N/C(=N\N(N)CCO)c1ccccc1Nc1ccc(Cl)c(Cl)c1. The van der Waals surface area contributed by atoms with E-state index in [-0.39, 0.29) is 19.0 Å². The van der Waals surface area contributed by atoms with Gasteiger partial charge < -0.3 is 16.2 Å². The first-order chi connectivity index (χ1) is 11.0. The molecule has 6 nitrogen and oxygen atoms in total. The summed E-state index contributed by atoms with van der Waals surface area (Å²) in [5, 5.41) is 18.1. The summed E-state index contributed by atoms with van der Waals surface area (Å²) in [6, 6.07) is 12.6. The van der Waals surface area contributed by atoms with Crippen LogP contribution in [0.25, 0.3) is 0 Å². The number of nitrogens with one attached hydrogen (secondary N) is 1. The summed E-state index contributed by atoms with van der Waals surface area (Å²) < 4.78 is 0. The van der Waals surface area contributed by atoms with Crippen molar-refractivity contribution in [3.05, 3.63) is 58.1 Å². The number of amidine groups is 1. The molecule has 0 fully saturated rings. The quantitative estimate of drug-likeness (QED) is 0.276. The number of anilines is 2. The van der Waals surface area contributed by atoms with Gasteiger partial charge in [-0.3, -0.25) is 0 Å². The molecule has 122 valence electrons. The molecular weight excluding hydrogens is 337 g/mol. The highest BCUT2D eigenvalue weighted by atomic mass is 35.5. The number of hydrazine groups is 1. The number of hydrazone groups is 1. The number of rotatable bonds is 6. The van der Waals surface area contributed by atoms with Gasteiger partial charge in [-0.15, -0.1) is 5.10 Å². The lowest BCUT2D eigenvalue weighted by atomic mass is 10.1. The lowest BCUT2D eigenvalue weighted by molar-refractivity contribution is 0.204. The Balaban J connectivity index is 2.28. The fourth-order valence-electron chi connectivity index (χ4n) is 1.89. The standard InChI is InChI=1S/C15H17Cl2N5O/c16-12-6-5-10(9-13(12)17)20-14-4-2-1-3-11(14)15(18)21-22(19)7-8-23/h1-6,9,20,23H,7-8,19H2,(H2,18,21). The lowest BCUT2D eigenvalue weighted by Crippen LogP contribution is -2.32. The molecule has 2 rings (SSSR count). The van der Waals surface area contributed by atoms with E-state index in [1.165, 1.54) is 0 Å². The molecule has 0 aromatic heterocycles. The Morgan fingerprint density at radius 1 is 1.17 bits per heavy atom. The van der Waals surface area contributed by atoms with Gasteiger partial charge in [0.15, 0.2) is 5.84 Å². The van der Waals surface area contributed by atoms with Crippen molar-refractivity contribution >= 4 is 40.4 Å². The van der Waals surface area contributed by atoms with Crippen molar-refractivity contribution in [3.8, 4) is 0 Å². The summed E-state index contributed by atoms with van der Waals surface area (Å²) >= 11 is 11.9. The first kappa shape index (κ1) is 17.4. The van der Waals surface area contributed by atoms with Crippen molar-refractivity contribution in [1.29, 1.82) is 0 Å². The molecule has 2 aromatic carbocycles. The molecule has 0 saturated heterocycles. The largest absolute Gasteiger partial charge is 0.394 e. The van der Waals surface area contributed by atoms with Crippen molar-refractivity contribution < 1.29 is 5.11 Å². The Bertz CT molecular complexity index is 708. The van der Waals surface area contributed by atoms with Gasteiger partial charge in [0, 0.05) is 16.9 Å². The normalized spacial score (nSPS) is 11.4. The molecule has 0 radical (unpaired) electrons. The van der Waals surface area contributed by atoms with Gasteiger partial charge in [0.2, 0.25) is 0 Å². The molecule has 8 heteroatoms. The molecule has 0 atom stereocenters. The van der Waals surface area contributed by atoms with E-state index >= 15 is 0 Å². The van der Waals surface area contributed by atoms with Gasteiger partial charge in [-0.2, -0.15) is 0 Å². The molecule has 0 saturated carbocycles. The highest BCUT2D eigenvalue weighted by Crippen LogP contribution is 2.28. The van der Waals surface area contributed by atoms with Crippen LogP contribution in [0.3, 0.4) is 0 Å². The molecular formula is C15H17Cl2N5O. The first-order valence-electron chi connectivity index (χ1n) is 6.80. The molecule has 0 aliphatic carbocycles. The number of nitrogens with zero attached hydrogens (tertiary/aromatic N) is 2. The highest BCUT2D eigenvalue weighted by Gasteiger charge is 2.08. The molecule has 0 unspecified atom stereocenters. The Morgan fingerprint density at radius 3 is 2.61 bits per heavy atom. The van der Waals surface area contributed by atoms with Gasteiger partial charge in [-0.05, 0) is 30.3 Å². The van der Waals surface area contributed by atoms with E-state index in [4.69, 9.17) is 39.9 Å². The van der Waals surface area contributed by atoms with Crippen LogP contribution in [-0.4, -0.2) is 29.2 Å². The van der Waals surface area contributed by atoms with Crippen molar-refractivity contribution in [2.75, 3.05) is 18.5 Å². The smallest absolute Gasteiger partial charge is 0.154 e. The van der Waals surface area contributed by atoms with Crippen LogP contribution in [0.2, 0.25) is 10.0 Å². The summed E-state index contributed by atoms with van der Waals surface area (Å²) in [5.41, 5.74) is 8.17. The van der Waals surface area contributed by atoms with E-state index in [0.29, 0.717) is 15.6 Å². The fourth-order valence-corrected chi connectivity index (χ4v) is 2.19. The summed E-state index contributed by atoms with van der Waals surface area (Å²) in [6.07, 6.45) is 0. The van der Waals surface area contributed by atoms with Crippen LogP contribution in [-0.2, 0) is 0 Å². The van der Waals surface area contributed by atoms with E-state index < -0.39 is 0 Å². The maximum atomic E-state index is 8.85. The topological polar surface area (TPSA) is 99.9 Å². The predicted molar refractivity (Wildman–Crippen MR) is 94.9 cm³/mol. The third kappa shape index (κ3) is 4.74. The van der Waals surface area contributed by atoms with Crippen LogP contribution in [0.4, 0.5) is 11.4 Å². The summed E-state index contributed by atoms with van der Waals surface area (Å²) in [7, 11) is 0. The minimum Gasteiger partial charge on any atom is -0.394 e. The Kier molecular flexibility index (Phi) is 6.06. The number of hydrogen-bond donors (Lipinski definition) is 4. The van der Waals surface area contributed by atoms with Crippen molar-refractivity contribution in [1.82, 2.24) is 5.12 Å². The molecule has 0 spiro atoms. The van der Waals surface area contributed by atoms with E-state index in [0.717, 1.165) is 16.5 Å². The molecule has 0 aliphatic rings. The zero-order valence-corrected chi connectivity index (χ0v) is 13.7. The second-order valence-electron chi connectivity index (χ2n) is 4.67. The molecule has 2 aromatic rings. The van der Waals surface area contributed by atoms with Crippen LogP contribution >= 0.6 is 23.2 Å². The van der Waals surface area contributed by atoms with Crippen molar-refractivity contribution in [2.24, 2.45) is 16.7 Å². The lowest BCUT2D eigenvalue weighted by Gasteiger charge is -2.15. The minimum absolute atomic E-state index is 0.115. The number of aliphatic hydroxyl groups is 1. The third-order valence-electron chi connectivity index (χ3n) is 2.97. The van der Waals surface area contributed by atoms with Gasteiger partial charge in [0.25, 0.3) is 0 Å². The zero-order valence-electron chi connectivity index (χ0n) is 12.2. The third-order valence-corrected chi connectivity index (χ3v) is 3.71. The maximum absolute atomic E-state index is 8.85. The van der Waals surface area contributed by atoms with Crippen LogP contribution in [0.5, 0.6) is 0 Å². The average molecular weight is 354 g/mol. The van der Waals surface area contributed by atoms with E-state index in [1.807, 2.05) is 24.3 Å². The van der Waals surface area contributed by atoms with Gasteiger partial charge in [-0.25, -0.2) is 11.0 Å². The molecule has 6 N–H and O–H groups in total. The average Bonchev–Trinajstić information content (AvgIpc) is 2.51. The Labute approximate surface area is 144 Å². The molecule has 0 bridgehead atoms. The predicted octanol–water partition coefficient (Wildman–Crippen LogP) is 2.53. The molecule has 23 heavy (non-hydrogen) atoms. The molecule has 0 amide bonds. The van der Waals surface area contributed by atoms with Gasteiger partial charge in [-0.1, -0.05) is 35.3 Å². The zero-order chi connectivity index (χ0) is 16.8. The fraction of sp³-hybridized carbons (Fsp3) is 0.133. The highest BCUT2D eigenvalue weighted by molar-refractivity contribution is 6.42. The monoisotopic (exact) mass is 353 g/mol. The second-order valence-corrected chi connectivity index (χ2v) is 5.49. The van der Waals surface area contributed by atoms with Crippen molar-refractivity contribution in [3.63, 3.8) is 0 Å². The molecule has 0 aliphatic heterocycles. The van der Waals surface area contributed by atoms with E-state index in [9.17, 15) is 0 Å². The van der Waals surface area contributed by atoms with Crippen LogP contribution < -0.4 is 16.9 Å². The van der Waals surface area contributed by atoms with Gasteiger partial charge in [0.05, 0.1) is 23.2 Å². The van der Waals surface area contributed by atoms with Gasteiger partial charge in [0.1, 0.15) is 0 Å². The summed E-state index contributed by atoms with van der Waals surface area (Å²) in [4.78, 5) is 0. The number of benzene rings is 2. The molecule has 0 heterocycles. The number of para-hydroxylation sites is 1. The van der Waals surface area contributed by atoms with Crippen molar-refractivity contribution in [2.45, 2.75) is 0 Å². The van der Waals surface area contributed by atoms with E-state index in [2.05, 4.69) is 10.4 Å². The summed E-state index contributed by atoms with van der Waals surface area (Å²) in [5.74, 6) is 5.84. The first-order valence-corrected chi connectivity index (χ1v) is 7.55. The van der Waals surface area contributed by atoms with Crippen LogP contribution in [0, 0.1) is 0 Å². The van der Waals surface area contributed by atoms with Crippen LogP contribution in [0.15, 0.2) is 47.6 Å². The number of hydrogen-bond acceptors (Lipinski definition) is 5. The summed E-state index contributed by atoms with van der Waals surface area (Å²) in [6.45, 7) is 0.0690. The minimum atomic E-state index is -0.115. The second kappa shape index (κ2) is 8.03. The number of aliphatic hydroxyl groups excluding tert-OH is 1. The van der Waals surface area contributed by atoms with Crippen LogP contribution in [0.1, 0.15) is 5.56 Å². The number of halogens is 2. The number of nitrogens with two attached hydrogens (primary N) is 2. The Morgan fingerprint density at radius 2 is 1.91 bits per heavy atom. The van der Waals surface area contributed by atoms with Gasteiger partial charge >= 0.3 is 0 Å².